The number of ether oxygens (including phenoxy) is 8. The zero-order valence-electron chi connectivity index (χ0n) is 34.9. The molecule has 8 atom stereocenters. The summed E-state index contributed by atoms with van der Waals surface area (Å²) in [6.07, 6.45) is -0.285. The van der Waals surface area contributed by atoms with Gasteiger partial charge >= 0.3 is 18.0 Å². The number of piperazine rings is 1. The van der Waals surface area contributed by atoms with Crippen LogP contribution in [-0.2, 0) is 35.0 Å². The first-order valence-electron chi connectivity index (χ1n) is 19.4. The average molecular weight is 838 g/mol. The number of nitrogens with zero attached hydrogens (tertiary/aromatic N) is 3. The van der Waals surface area contributed by atoms with Crippen LogP contribution >= 0.6 is 11.8 Å². The van der Waals surface area contributed by atoms with E-state index in [1.54, 1.807) is 41.9 Å². The van der Waals surface area contributed by atoms with Crippen molar-refractivity contribution in [3.8, 4) is 34.8 Å². The largest absolute Gasteiger partial charge is 0.493 e. The summed E-state index contributed by atoms with van der Waals surface area (Å²) in [5, 5.41) is 15.8. The summed E-state index contributed by atoms with van der Waals surface area (Å²) < 4.78 is 47.4. The van der Waals surface area contributed by atoms with Gasteiger partial charge in [-0.1, -0.05) is 6.07 Å². The van der Waals surface area contributed by atoms with Crippen molar-refractivity contribution >= 4 is 35.7 Å². The number of likely N-dealkylation sites (N-methyl/N-ethyl adjacent to an activating group) is 1. The van der Waals surface area contributed by atoms with Gasteiger partial charge < -0.3 is 48.5 Å². The first kappa shape index (κ1) is 42.2. The highest BCUT2D eigenvalue weighted by atomic mass is 32.2. The van der Waals surface area contributed by atoms with E-state index in [1.807, 2.05) is 14.0 Å². The average Bonchev–Trinajstić information content (AvgIpc) is 3.65. The van der Waals surface area contributed by atoms with Crippen LogP contribution in [0.2, 0.25) is 0 Å². The first-order valence-corrected chi connectivity index (χ1v) is 20.5. The molecular formula is C41H51N5O12S. The Morgan fingerprint density at radius 2 is 1.80 bits per heavy atom. The second-order valence-corrected chi connectivity index (χ2v) is 17.5. The van der Waals surface area contributed by atoms with Gasteiger partial charge in [-0.25, -0.2) is 9.59 Å². The number of fused-ring (bicyclic) bond motifs is 9. The molecule has 0 spiro atoms. The molecule has 3 unspecified atom stereocenters. The van der Waals surface area contributed by atoms with Gasteiger partial charge in [0.1, 0.15) is 36.1 Å². The smallest absolute Gasteiger partial charge is 0.408 e. The molecule has 2 aromatic carbocycles. The topological polar surface area (TPSA) is 196 Å². The molecule has 2 N–H and O–H groups in total. The molecule has 5 heterocycles. The normalized spacial score (nSPS) is 26.2. The Morgan fingerprint density at radius 1 is 1.07 bits per heavy atom. The number of nitrogens with one attached hydrogen (secondary N) is 2. The van der Waals surface area contributed by atoms with Crippen LogP contribution in [0.15, 0.2) is 6.07 Å². The van der Waals surface area contributed by atoms with Crippen molar-refractivity contribution in [2.24, 2.45) is 0 Å². The van der Waals surface area contributed by atoms with Gasteiger partial charge in [0.2, 0.25) is 12.7 Å². The number of hydrogen-bond donors (Lipinski definition) is 2. The monoisotopic (exact) mass is 837 g/mol. The fraction of sp³-hybridized carbons (Fsp3) is 0.585. The van der Waals surface area contributed by atoms with Crippen LogP contribution in [0.5, 0.6) is 28.7 Å². The lowest BCUT2D eigenvalue weighted by Gasteiger charge is -2.61. The Hall–Kier alpha value is -4.96. The first-order chi connectivity index (χ1) is 28.0. The molecule has 0 aromatic heterocycles. The third-order valence-electron chi connectivity index (χ3n) is 11.4. The molecule has 0 saturated carbocycles. The minimum atomic E-state index is -1.17. The highest BCUT2D eigenvalue weighted by Crippen LogP contribution is 2.64. The van der Waals surface area contributed by atoms with Crippen molar-refractivity contribution in [3.05, 3.63) is 39.4 Å². The number of cyclic esters (lactones) is 1. The van der Waals surface area contributed by atoms with Crippen LogP contribution < -0.4 is 34.3 Å². The molecule has 4 bridgehead atoms. The molecule has 318 valence electrons. The Balaban J connectivity index is 1.41. The van der Waals surface area contributed by atoms with Gasteiger partial charge in [-0.05, 0) is 66.1 Å². The Kier molecular flexibility index (Phi) is 11.6. The fourth-order valence-corrected chi connectivity index (χ4v) is 10.7. The van der Waals surface area contributed by atoms with Gasteiger partial charge in [0.25, 0.3) is 0 Å². The van der Waals surface area contributed by atoms with E-state index in [-0.39, 0.29) is 37.7 Å². The molecule has 7 rings (SSSR count). The van der Waals surface area contributed by atoms with E-state index < -0.39 is 71.0 Å². The van der Waals surface area contributed by atoms with E-state index in [2.05, 4.69) is 32.6 Å². The summed E-state index contributed by atoms with van der Waals surface area (Å²) in [4.78, 5) is 57.4. The number of amides is 2. The second-order valence-electron chi connectivity index (χ2n) is 16.3. The maximum Gasteiger partial charge on any atom is 0.408 e. The molecule has 2 fully saturated rings. The van der Waals surface area contributed by atoms with E-state index in [9.17, 15) is 24.4 Å². The second kappa shape index (κ2) is 16.2. The summed E-state index contributed by atoms with van der Waals surface area (Å²) >= 11 is 1.35. The number of thioether (sulfide) groups is 1. The summed E-state index contributed by atoms with van der Waals surface area (Å²) in [5.41, 5.74) is 3.70. The molecule has 5 aliphatic heterocycles. The van der Waals surface area contributed by atoms with Crippen LogP contribution in [-0.4, -0.2) is 117 Å². The minimum absolute atomic E-state index is 0.00988. The number of aryl methyl sites for hydroxylation is 1. The maximum absolute atomic E-state index is 14.0. The number of esters is 2. The van der Waals surface area contributed by atoms with E-state index >= 15 is 0 Å². The molecule has 0 aliphatic carbocycles. The van der Waals surface area contributed by atoms with E-state index in [4.69, 9.17) is 37.9 Å². The van der Waals surface area contributed by atoms with E-state index in [0.717, 1.165) is 16.7 Å². The quantitative estimate of drug-likeness (QED) is 0.220. The molecule has 2 amide bonds. The molecule has 18 heteroatoms. The SMILES string of the molecule is COCOc1c(OC)c(C)cc2c1[C@@H]1C3[C@@H]4SCC(NC(=O)C(C)NC(=O)OC(C)(C)C)C(=O)OC[C@@H](c5c6c(c(C)c(OC(C)=O)c54)OCO6)N3[C@@H](C#N)[C@H](C2)N1C. The van der Waals surface area contributed by atoms with Crippen molar-refractivity contribution < 1.29 is 57.1 Å². The van der Waals surface area contributed by atoms with Gasteiger partial charge in [-0.15, -0.1) is 11.8 Å². The molecule has 2 saturated heterocycles. The molecule has 59 heavy (non-hydrogen) atoms. The van der Waals surface area contributed by atoms with E-state index in [0.29, 0.717) is 46.1 Å². The Morgan fingerprint density at radius 3 is 2.46 bits per heavy atom. The van der Waals surface area contributed by atoms with Gasteiger partial charge in [0.05, 0.1) is 30.5 Å². The summed E-state index contributed by atoms with van der Waals surface area (Å²) in [7, 11) is 5.12. The van der Waals surface area contributed by atoms with Gasteiger partial charge in [-0.2, -0.15) is 5.26 Å². The van der Waals surface area contributed by atoms with Crippen molar-refractivity contribution in [3.63, 3.8) is 0 Å². The highest BCUT2D eigenvalue weighted by molar-refractivity contribution is 7.99. The number of carbonyl (C=O) groups excluding carboxylic acids is 4. The minimum Gasteiger partial charge on any atom is -0.493 e. The number of hydrogen-bond acceptors (Lipinski definition) is 16. The van der Waals surface area contributed by atoms with Crippen molar-refractivity contribution in [1.29, 1.82) is 5.26 Å². The molecule has 2 aromatic rings. The van der Waals surface area contributed by atoms with Gasteiger partial charge in [0.15, 0.2) is 29.8 Å². The summed E-state index contributed by atoms with van der Waals surface area (Å²) in [6, 6.07) is -0.372. The van der Waals surface area contributed by atoms with Gasteiger partial charge in [0, 0.05) is 54.1 Å². The summed E-state index contributed by atoms with van der Waals surface area (Å²) in [5.74, 6) is 0.272. The zero-order chi connectivity index (χ0) is 42.7. The summed E-state index contributed by atoms with van der Waals surface area (Å²) in [6.45, 7) is 11.3. The predicted molar refractivity (Wildman–Crippen MR) is 212 cm³/mol. The predicted octanol–water partition coefficient (Wildman–Crippen LogP) is 3.91. The van der Waals surface area contributed by atoms with Crippen LogP contribution in [0.1, 0.15) is 85.3 Å². The highest BCUT2D eigenvalue weighted by Gasteiger charge is 2.61. The number of benzene rings is 2. The standard InChI is InChI=1S/C41H51N5O12S/c1-18-11-22-12-24-25(13-42)46-26-14-53-39(49)23(44-38(48)20(3)43-40(50)58-41(5,6)7)15-59-37(29-28(26)36-34(55-17-56-36)19(2)33(29)57-21(4)47)31(46)30(45(24)8)27(22)35(32(18)52-10)54-16-51-9/h11,20,23-26,30-31,37H,12,14-17H2,1-10H3,(H,43,50)(H,44,48)/t20?,23?,24-,25-,26-,30+,31?,37+/m0/s1. The lowest BCUT2D eigenvalue weighted by molar-refractivity contribution is -0.152. The van der Waals surface area contributed by atoms with Crippen LogP contribution in [0.4, 0.5) is 4.79 Å². The third-order valence-corrected chi connectivity index (χ3v) is 12.8. The van der Waals surface area contributed by atoms with Crippen molar-refractivity contribution in [2.45, 2.75) is 108 Å². The molecule has 17 nitrogen and oxygen atoms in total. The van der Waals surface area contributed by atoms with Gasteiger partial charge in [-0.3, -0.25) is 19.4 Å². The van der Waals surface area contributed by atoms with E-state index in [1.165, 1.54) is 25.6 Å². The lowest BCUT2D eigenvalue weighted by atomic mass is 9.71. The Bertz CT molecular complexity index is 2100. The third kappa shape index (κ3) is 7.47. The number of methoxy groups -OCH3 is 2. The number of nitriles is 1. The van der Waals surface area contributed by atoms with Crippen LogP contribution in [0, 0.1) is 25.2 Å². The van der Waals surface area contributed by atoms with Crippen LogP contribution in [0.25, 0.3) is 0 Å². The maximum atomic E-state index is 14.0. The zero-order valence-corrected chi connectivity index (χ0v) is 35.7. The van der Waals surface area contributed by atoms with Crippen molar-refractivity contribution in [1.82, 2.24) is 20.4 Å². The molecule has 5 aliphatic rings. The van der Waals surface area contributed by atoms with Crippen LogP contribution in [0.3, 0.4) is 0 Å². The Labute approximate surface area is 347 Å². The number of carbonyl (C=O) groups is 4. The molecule has 0 radical (unpaired) electrons. The fourth-order valence-electron chi connectivity index (χ4n) is 9.15. The number of rotatable bonds is 8. The molecular weight excluding hydrogens is 787 g/mol. The number of alkyl carbamates (subject to hydrolysis) is 1. The van der Waals surface area contributed by atoms with Crippen molar-refractivity contribution in [2.75, 3.05) is 47.2 Å². The lowest BCUT2D eigenvalue weighted by Crippen LogP contribution is -2.69.